The van der Waals surface area contributed by atoms with Crippen LogP contribution in [0, 0.1) is 11.3 Å². The van der Waals surface area contributed by atoms with Crippen LogP contribution in [-0.2, 0) is 6.54 Å². The average Bonchev–Trinajstić information content (AvgIpc) is 2.52. The lowest BCUT2D eigenvalue weighted by atomic mass is 10.1. The van der Waals surface area contributed by atoms with Gasteiger partial charge < -0.3 is 15.8 Å². The summed E-state index contributed by atoms with van der Waals surface area (Å²) in [4.78, 5) is 12.2. The first-order chi connectivity index (χ1) is 10.5. The standard InChI is InChI=1S/C16H14ClN3O2/c1-22-14-6-12(5-13(17)7-14)16(21)20-9-11-3-2-10(8-18)4-15(11)19/h2-7H,9,19H2,1H3,(H,20,21). The van der Waals surface area contributed by atoms with Crippen LogP contribution in [0.15, 0.2) is 36.4 Å². The summed E-state index contributed by atoms with van der Waals surface area (Å²) in [5, 5.41) is 12.0. The molecule has 0 aromatic heterocycles. The fourth-order valence-corrected chi connectivity index (χ4v) is 2.14. The van der Waals surface area contributed by atoms with E-state index < -0.39 is 0 Å². The van der Waals surface area contributed by atoms with Crippen LogP contribution in [0.1, 0.15) is 21.5 Å². The highest BCUT2D eigenvalue weighted by atomic mass is 35.5. The molecule has 0 fully saturated rings. The van der Waals surface area contributed by atoms with Crippen molar-refractivity contribution in [3.05, 3.63) is 58.1 Å². The number of nitrogen functional groups attached to an aromatic ring is 1. The minimum Gasteiger partial charge on any atom is -0.497 e. The Morgan fingerprint density at radius 3 is 2.77 bits per heavy atom. The van der Waals surface area contributed by atoms with Gasteiger partial charge in [0.1, 0.15) is 5.75 Å². The number of nitrogens with two attached hydrogens (primary N) is 1. The van der Waals surface area contributed by atoms with Crippen LogP contribution in [0.5, 0.6) is 5.75 Å². The molecular weight excluding hydrogens is 302 g/mol. The number of ether oxygens (including phenoxy) is 1. The van der Waals surface area contributed by atoms with Gasteiger partial charge in [-0.2, -0.15) is 5.26 Å². The highest BCUT2D eigenvalue weighted by Gasteiger charge is 2.09. The number of carbonyl (C=O) groups is 1. The predicted molar refractivity (Wildman–Crippen MR) is 84.7 cm³/mol. The van der Waals surface area contributed by atoms with E-state index in [0.717, 1.165) is 5.56 Å². The van der Waals surface area contributed by atoms with Crippen LogP contribution in [0.4, 0.5) is 5.69 Å². The highest BCUT2D eigenvalue weighted by molar-refractivity contribution is 6.31. The Morgan fingerprint density at radius 2 is 2.14 bits per heavy atom. The van der Waals surface area contributed by atoms with Gasteiger partial charge in [0.2, 0.25) is 0 Å². The van der Waals surface area contributed by atoms with Crippen LogP contribution in [0.25, 0.3) is 0 Å². The van der Waals surface area contributed by atoms with Gasteiger partial charge in [0, 0.05) is 22.8 Å². The number of methoxy groups -OCH3 is 1. The van der Waals surface area contributed by atoms with Crippen LogP contribution in [0.3, 0.4) is 0 Å². The Balaban J connectivity index is 2.10. The van der Waals surface area contributed by atoms with E-state index in [4.69, 9.17) is 27.3 Å². The lowest BCUT2D eigenvalue weighted by Gasteiger charge is -2.09. The molecule has 0 spiro atoms. The van der Waals surface area contributed by atoms with E-state index in [1.54, 1.807) is 36.4 Å². The van der Waals surface area contributed by atoms with Crippen LogP contribution >= 0.6 is 11.6 Å². The van der Waals surface area contributed by atoms with Gasteiger partial charge in [0.15, 0.2) is 0 Å². The van der Waals surface area contributed by atoms with E-state index in [1.165, 1.54) is 7.11 Å². The van der Waals surface area contributed by atoms with E-state index in [2.05, 4.69) is 5.32 Å². The van der Waals surface area contributed by atoms with Gasteiger partial charge in [0.25, 0.3) is 5.91 Å². The second kappa shape index (κ2) is 6.83. The van der Waals surface area contributed by atoms with Gasteiger partial charge in [-0.15, -0.1) is 0 Å². The summed E-state index contributed by atoms with van der Waals surface area (Å²) in [6.07, 6.45) is 0. The Hall–Kier alpha value is -2.71. The smallest absolute Gasteiger partial charge is 0.251 e. The fourth-order valence-electron chi connectivity index (χ4n) is 1.91. The molecule has 2 rings (SSSR count). The molecule has 0 aliphatic heterocycles. The molecule has 0 saturated carbocycles. The van der Waals surface area contributed by atoms with Crippen molar-refractivity contribution in [1.82, 2.24) is 5.32 Å². The van der Waals surface area contributed by atoms with E-state index in [1.807, 2.05) is 6.07 Å². The number of rotatable bonds is 4. The minimum absolute atomic E-state index is 0.255. The number of hydrogen-bond acceptors (Lipinski definition) is 4. The van der Waals surface area contributed by atoms with Gasteiger partial charge in [-0.3, -0.25) is 4.79 Å². The van der Waals surface area contributed by atoms with Crippen LogP contribution < -0.4 is 15.8 Å². The van der Waals surface area contributed by atoms with Crippen molar-refractivity contribution in [3.63, 3.8) is 0 Å². The maximum Gasteiger partial charge on any atom is 0.251 e. The zero-order valence-corrected chi connectivity index (χ0v) is 12.6. The highest BCUT2D eigenvalue weighted by Crippen LogP contribution is 2.21. The second-order valence-electron chi connectivity index (χ2n) is 4.59. The van der Waals surface area contributed by atoms with Crippen LogP contribution in [0.2, 0.25) is 5.02 Å². The summed E-state index contributed by atoms with van der Waals surface area (Å²) < 4.78 is 5.08. The third-order valence-corrected chi connectivity index (χ3v) is 3.30. The molecule has 1 amide bonds. The van der Waals surface area contributed by atoms with Gasteiger partial charge in [-0.25, -0.2) is 0 Å². The molecule has 6 heteroatoms. The van der Waals surface area contributed by atoms with Crippen molar-refractivity contribution < 1.29 is 9.53 Å². The van der Waals surface area contributed by atoms with Gasteiger partial charge >= 0.3 is 0 Å². The number of halogens is 1. The van der Waals surface area contributed by atoms with Crippen molar-refractivity contribution in [2.75, 3.05) is 12.8 Å². The summed E-state index contributed by atoms with van der Waals surface area (Å²) >= 11 is 5.94. The summed E-state index contributed by atoms with van der Waals surface area (Å²) in [5.41, 5.74) is 7.93. The number of hydrogen-bond donors (Lipinski definition) is 2. The van der Waals surface area contributed by atoms with E-state index in [0.29, 0.717) is 27.6 Å². The second-order valence-corrected chi connectivity index (χ2v) is 5.02. The molecule has 0 aliphatic rings. The molecule has 0 radical (unpaired) electrons. The van der Waals surface area contributed by atoms with Crippen LogP contribution in [-0.4, -0.2) is 13.0 Å². The molecule has 2 aromatic carbocycles. The minimum atomic E-state index is -0.287. The Morgan fingerprint density at radius 1 is 1.36 bits per heavy atom. The first kappa shape index (κ1) is 15.7. The topological polar surface area (TPSA) is 88.1 Å². The third-order valence-electron chi connectivity index (χ3n) is 3.08. The van der Waals surface area contributed by atoms with Crippen molar-refractivity contribution >= 4 is 23.2 Å². The van der Waals surface area contributed by atoms with Crippen molar-refractivity contribution in [2.45, 2.75) is 6.54 Å². The Labute approximate surface area is 133 Å². The molecule has 2 aromatic rings. The first-order valence-electron chi connectivity index (χ1n) is 6.44. The molecule has 0 saturated heterocycles. The molecule has 0 aliphatic carbocycles. The molecule has 3 N–H and O–H groups in total. The monoisotopic (exact) mass is 315 g/mol. The predicted octanol–water partition coefficient (Wildman–Crippen LogP) is 2.73. The zero-order valence-electron chi connectivity index (χ0n) is 11.9. The van der Waals surface area contributed by atoms with Gasteiger partial charge in [0.05, 0.1) is 18.7 Å². The summed E-state index contributed by atoms with van der Waals surface area (Å²) in [6, 6.07) is 11.7. The lowest BCUT2D eigenvalue weighted by molar-refractivity contribution is 0.0950. The largest absolute Gasteiger partial charge is 0.497 e. The normalized spacial score (nSPS) is 9.86. The summed E-state index contributed by atoms with van der Waals surface area (Å²) in [6.45, 7) is 0.255. The Bertz CT molecular complexity index is 754. The number of amides is 1. The molecule has 0 bridgehead atoms. The van der Waals surface area contributed by atoms with Crippen molar-refractivity contribution in [1.29, 1.82) is 5.26 Å². The SMILES string of the molecule is COc1cc(Cl)cc(C(=O)NCc2ccc(C#N)cc2N)c1. The zero-order chi connectivity index (χ0) is 16.1. The molecule has 22 heavy (non-hydrogen) atoms. The Kier molecular flexibility index (Phi) is 4.87. The average molecular weight is 316 g/mol. The number of carbonyl (C=O) groups excluding carboxylic acids is 1. The number of nitrogens with zero attached hydrogens (tertiary/aromatic N) is 1. The van der Waals surface area contributed by atoms with Gasteiger partial charge in [-0.05, 0) is 35.9 Å². The summed E-state index contributed by atoms with van der Waals surface area (Å²) in [7, 11) is 1.50. The molecule has 0 unspecified atom stereocenters. The molecule has 0 heterocycles. The maximum absolute atomic E-state index is 12.2. The first-order valence-corrected chi connectivity index (χ1v) is 6.82. The molecular formula is C16H14ClN3O2. The van der Waals surface area contributed by atoms with E-state index >= 15 is 0 Å². The van der Waals surface area contributed by atoms with E-state index in [-0.39, 0.29) is 12.5 Å². The lowest BCUT2D eigenvalue weighted by Crippen LogP contribution is -2.23. The third kappa shape index (κ3) is 3.68. The van der Waals surface area contributed by atoms with Crippen molar-refractivity contribution in [2.24, 2.45) is 0 Å². The number of benzene rings is 2. The number of anilines is 1. The summed E-state index contributed by atoms with van der Waals surface area (Å²) in [5.74, 6) is 0.222. The molecule has 5 nitrogen and oxygen atoms in total. The molecule has 112 valence electrons. The van der Waals surface area contributed by atoms with E-state index in [9.17, 15) is 4.79 Å². The maximum atomic E-state index is 12.2. The van der Waals surface area contributed by atoms with Gasteiger partial charge in [-0.1, -0.05) is 17.7 Å². The molecule has 0 atom stereocenters. The fraction of sp³-hybridized carbons (Fsp3) is 0.125. The quantitative estimate of drug-likeness (QED) is 0.849. The number of nitrogens with one attached hydrogen (secondary N) is 1. The number of nitriles is 1. The van der Waals surface area contributed by atoms with Crippen molar-refractivity contribution in [3.8, 4) is 11.8 Å².